The molecule has 0 radical (unpaired) electrons. The van der Waals surface area contributed by atoms with Gasteiger partial charge in [-0.3, -0.25) is 0 Å². The van der Waals surface area contributed by atoms with Crippen molar-refractivity contribution in [1.82, 2.24) is 10.6 Å². The molecule has 2 rings (SSSR count). The second kappa shape index (κ2) is 10.9. The molecule has 0 aromatic rings. The zero-order chi connectivity index (χ0) is 12.0. The van der Waals surface area contributed by atoms with E-state index in [2.05, 4.69) is 10.6 Å². The van der Waals surface area contributed by atoms with Gasteiger partial charge in [0.1, 0.15) is 0 Å². The van der Waals surface area contributed by atoms with Gasteiger partial charge in [-0.25, -0.2) is 0 Å². The summed E-state index contributed by atoms with van der Waals surface area (Å²) in [5.41, 5.74) is 0. The second-order valence-corrected chi connectivity index (χ2v) is 3.94. The fourth-order valence-electron chi connectivity index (χ4n) is 1.77. The molecule has 0 amide bonds. The Hall–Kier alpha value is 0.0548. The molecule has 92 valence electrons. The van der Waals surface area contributed by atoms with Crippen molar-refractivity contribution in [2.24, 2.45) is 0 Å². The minimum atomic E-state index is -0.970. The topological polar surface area (TPSA) is 104 Å². The standard InChI is InChI=1S/2C5H9NO2.2Li/c2*7-5(8)4-2-1-3-6-4;;/h2*4,6H,1-3H2,(H,7,8);;/q;;2*+1/p-2/t2*4-;;/m00../s1. The number of carbonyl (C=O) groups is 2. The summed E-state index contributed by atoms with van der Waals surface area (Å²) in [4.78, 5) is 20.1. The van der Waals surface area contributed by atoms with Crippen molar-refractivity contribution in [1.29, 1.82) is 0 Å². The molecule has 2 atom stereocenters. The number of aliphatic carboxylic acids is 2. The van der Waals surface area contributed by atoms with E-state index in [9.17, 15) is 19.8 Å². The smallest absolute Gasteiger partial charge is 0.548 e. The maximum atomic E-state index is 10.0. The van der Waals surface area contributed by atoms with Gasteiger partial charge in [0, 0.05) is 12.1 Å². The van der Waals surface area contributed by atoms with Gasteiger partial charge in [0.25, 0.3) is 0 Å². The predicted molar refractivity (Wildman–Crippen MR) is 52.1 cm³/mol. The quantitative estimate of drug-likeness (QED) is 0.466. The zero-order valence-corrected chi connectivity index (χ0v) is 11.0. The van der Waals surface area contributed by atoms with Gasteiger partial charge in [-0.05, 0) is 38.8 Å². The molecule has 0 spiro atoms. The summed E-state index contributed by atoms with van der Waals surface area (Å²) in [6.07, 6.45) is 3.36. The van der Waals surface area contributed by atoms with Crippen LogP contribution in [0.15, 0.2) is 0 Å². The Bertz CT molecular complexity index is 228. The summed E-state index contributed by atoms with van der Waals surface area (Å²) in [6.45, 7) is 1.64. The first-order chi connectivity index (χ1) is 7.61. The molecule has 0 aromatic heterocycles. The number of carboxylic acid groups (broad SMARTS) is 2. The van der Waals surface area contributed by atoms with Gasteiger partial charge in [0.05, 0.1) is 11.9 Å². The Morgan fingerprint density at radius 1 is 0.833 bits per heavy atom. The Labute approximate surface area is 131 Å². The van der Waals surface area contributed by atoms with E-state index in [0.717, 1.165) is 38.8 Å². The SMILES string of the molecule is O=C([O-])[C@@H]1CCCN1.O=C([O-])[C@@H]1CCCN1.[Li+].[Li+]. The number of carbonyl (C=O) groups excluding carboxylic acids is 2. The van der Waals surface area contributed by atoms with Gasteiger partial charge >= 0.3 is 37.7 Å². The Kier molecular flexibility index (Phi) is 12.4. The largest absolute Gasteiger partial charge is 1.00 e. The van der Waals surface area contributed by atoms with E-state index in [1.165, 1.54) is 0 Å². The number of hydrogen-bond donors (Lipinski definition) is 2. The first kappa shape index (κ1) is 20.4. The molecule has 0 unspecified atom stereocenters. The molecule has 0 aromatic carbocycles. The molecule has 2 N–H and O–H groups in total. The van der Waals surface area contributed by atoms with Crippen molar-refractivity contribution in [3.05, 3.63) is 0 Å². The second-order valence-electron chi connectivity index (χ2n) is 3.94. The minimum absolute atomic E-state index is 0. The van der Waals surface area contributed by atoms with Crippen LogP contribution in [0.1, 0.15) is 25.7 Å². The summed E-state index contributed by atoms with van der Waals surface area (Å²) >= 11 is 0. The van der Waals surface area contributed by atoms with Gasteiger partial charge in [-0.15, -0.1) is 0 Å². The summed E-state index contributed by atoms with van der Waals surface area (Å²) in [7, 11) is 0. The van der Waals surface area contributed by atoms with Crippen molar-refractivity contribution < 1.29 is 57.5 Å². The van der Waals surface area contributed by atoms with Gasteiger partial charge in [-0.2, -0.15) is 0 Å². The molecule has 0 saturated carbocycles. The van der Waals surface area contributed by atoms with Crippen molar-refractivity contribution in [3.63, 3.8) is 0 Å². The molecule has 2 heterocycles. The summed E-state index contributed by atoms with van der Waals surface area (Å²) < 4.78 is 0. The third kappa shape index (κ3) is 7.48. The molecular formula is C10H16Li2N2O4. The van der Waals surface area contributed by atoms with E-state index in [4.69, 9.17) is 0 Å². The molecule has 0 bridgehead atoms. The normalized spacial score (nSPS) is 25.1. The van der Waals surface area contributed by atoms with Crippen LogP contribution in [0.5, 0.6) is 0 Å². The fraction of sp³-hybridized carbons (Fsp3) is 0.800. The third-order valence-electron chi connectivity index (χ3n) is 2.69. The van der Waals surface area contributed by atoms with Crippen LogP contribution in [0, 0.1) is 0 Å². The van der Waals surface area contributed by atoms with Crippen molar-refractivity contribution in [2.75, 3.05) is 13.1 Å². The van der Waals surface area contributed by atoms with Crippen molar-refractivity contribution in [3.8, 4) is 0 Å². The zero-order valence-electron chi connectivity index (χ0n) is 11.0. The van der Waals surface area contributed by atoms with E-state index in [1.807, 2.05) is 0 Å². The van der Waals surface area contributed by atoms with Crippen LogP contribution in [0.2, 0.25) is 0 Å². The number of rotatable bonds is 2. The maximum absolute atomic E-state index is 10.0. The number of nitrogens with one attached hydrogen (secondary N) is 2. The van der Waals surface area contributed by atoms with Gasteiger partial charge in [0.15, 0.2) is 0 Å². The Morgan fingerprint density at radius 3 is 1.28 bits per heavy atom. The Morgan fingerprint density at radius 2 is 1.17 bits per heavy atom. The van der Waals surface area contributed by atoms with Crippen LogP contribution in [0.25, 0.3) is 0 Å². The van der Waals surface area contributed by atoms with Crippen LogP contribution >= 0.6 is 0 Å². The molecule has 2 aliphatic rings. The Balaban J connectivity index is 0. The van der Waals surface area contributed by atoms with Crippen LogP contribution in [-0.2, 0) is 9.59 Å². The first-order valence-corrected chi connectivity index (χ1v) is 5.49. The van der Waals surface area contributed by atoms with Crippen molar-refractivity contribution in [2.45, 2.75) is 37.8 Å². The number of carboxylic acids is 2. The van der Waals surface area contributed by atoms with E-state index < -0.39 is 11.9 Å². The average molecular weight is 242 g/mol. The van der Waals surface area contributed by atoms with Crippen LogP contribution in [-0.4, -0.2) is 37.1 Å². The third-order valence-corrected chi connectivity index (χ3v) is 2.69. The molecule has 2 fully saturated rings. The van der Waals surface area contributed by atoms with E-state index in [-0.39, 0.29) is 49.8 Å². The maximum Gasteiger partial charge on any atom is 1.00 e. The van der Waals surface area contributed by atoms with Gasteiger partial charge in [0.2, 0.25) is 0 Å². The first-order valence-electron chi connectivity index (χ1n) is 5.49. The molecule has 8 heteroatoms. The van der Waals surface area contributed by atoms with E-state index >= 15 is 0 Å². The van der Waals surface area contributed by atoms with E-state index in [0.29, 0.717) is 0 Å². The predicted octanol–water partition coefficient (Wildman–Crippen LogP) is -9.02. The molecule has 2 saturated heterocycles. The van der Waals surface area contributed by atoms with Crippen LogP contribution < -0.4 is 58.6 Å². The minimum Gasteiger partial charge on any atom is -0.548 e. The molecule has 0 aliphatic carbocycles. The van der Waals surface area contributed by atoms with E-state index in [1.54, 1.807) is 0 Å². The fourth-order valence-corrected chi connectivity index (χ4v) is 1.77. The van der Waals surface area contributed by atoms with Crippen molar-refractivity contribution >= 4 is 11.9 Å². The van der Waals surface area contributed by atoms with Crippen LogP contribution in [0.4, 0.5) is 0 Å². The summed E-state index contributed by atoms with van der Waals surface area (Å²) in [5, 5.41) is 25.6. The molecule has 6 nitrogen and oxygen atoms in total. The van der Waals surface area contributed by atoms with Gasteiger partial charge in [-0.1, -0.05) is 0 Å². The van der Waals surface area contributed by atoms with Crippen LogP contribution in [0.3, 0.4) is 0 Å². The molecule has 2 aliphatic heterocycles. The number of hydrogen-bond acceptors (Lipinski definition) is 6. The summed E-state index contributed by atoms with van der Waals surface area (Å²) in [6, 6.07) is -0.759. The monoisotopic (exact) mass is 242 g/mol. The van der Waals surface area contributed by atoms with Gasteiger partial charge < -0.3 is 30.4 Å². The molecule has 18 heavy (non-hydrogen) atoms. The summed E-state index contributed by atoms with van der Waals surface area (Å²) in [5.74, 6) is -1.94. The molecular weight excluding hydrogens is 226 g/mol. The average Bonchev–Trinajstić information content (AvgIpc) is 2.93.